The van der Waals surface area contributed by atoms with Gasteiger partial charge in [0.25, 0.3) is 0 Å². The molecule has 7 heteroatoms. The first-order chi connectivity index (χ1) is 13.2. The zero-order valence-electron chi connectivity index (χ0n) is 15.2. The molecule has 0 saturated carbocycles. The van der Waals surface area contributed by atoms with E-state index in [0.717, 1.165) is 18.5 Å². The Morgan fingerprint density at radius 1 is 1.04 bits per heavy atom. The number of hydrogen-bond acceptors (Lipinski definition) is 3. The topological polar surface area (TPSA) is 72.5 Å². The Morgan fingerprint density at radius 3 is 2.57 bits per heavy atom. The van der Waals surface area contributed by atoms with Gasteiger partial charge in [0.1, 0.15) is 11.6 Å². The summed E-state index contributed by atoms with van der Waals surface area (Å²) in [7, 11) is 0. The highest BCUT2D eigenvalue weighted by molar-refractivity contribution is 14.0. The van der Waals surface area contributed by atoms with E-state index in [9.17, 15) is 4.39 Å². The Hall–Kier alpha value is -2.68. The van der Waals surface area contributed by atoms with E-state index < -0.39 is 0 Å². The standard InChI is InChI=1S/C21H21FN4O.HI/c22-18-7-4-8-19(13-18)27-20-10-9-17(14-25-20)15-26-21(23)24-12-11-16-5-2-1-3-6-16;/h1-10,13-14H,11-12,15H2,(H3,23,24,26);1H. The fourth-order valence-corrected chi connectivity index (χ4v) is 2.43. The van der Waals surface area contributed by atoms with Crippen molar-refractivity contribution < 1.29 is 9.13 Å². The number of benzene rings is 2. The number of guanidine groups is 1. The molecule has 2 aromatic carbocycles. The van der Waals surface area contributed by atoms with Crippen LogP contribution in [0.4, 0.5) is 4.39 Å². The van der Waals surface area contributed by atoms with Crippen LogP contribution in [0.2, 0.25) is 0 Å². The minimum absolute atomic E-state index is 0. The van der Waals surface area contributed by atoms with E-state index in [1.807, 2.05) is 24.3 Å². The molecule has 146 valence electrons. The minimum atomic E-state index is -0.353. The number of nitrogens with one attached hydrogen (secondary N) is 1. The molecule has 3 aromatic rings. The lowest BCUT2D eigenvalue weighted by Gasteiger charge is -2.07. The molecule has 28 heavy (non-hydrogen) atoms. The van der Waals surface area contributed by atoms with Gasteiger partial charge in [0.2, 0.25) is 5.88 Å². The molecule has 1 aromatic heterocycles. The van der Waals surface area contributed by atoms with Crippen molar-refractivity contribution in [3.05, 3.63) is 89.9 Å². The van der Waals surface area contributed by atoms with Gasteiger partial charge >= 0.3 is 0 Å². The van der Waals surface area contributed by atoms with Gasteiger partial charge in [-0.3, -0.25) is 0 Å². The molecule has 5 nitrogen and oxygen atoms in total. The van der Waals surface area contributed by atoms with Crippen molar-refractivity contribution in [2.75, 3.05) is 6.54 Å². The van der Waals surface area contributed by atoms with E-state index in [4.69, 9.17) is 10.5 Å². The van der Waals surface area contributed by atoms with Gasteiger partial charge in [-0.1, -0.05) is 42.5 Å². The second-order valence-electron chi connectivity index (χ2n) is 5.93. The van der Waals surface area contributed by atoms with Crippen LogP contribution in [-0.4, -0.2) is 17.5 Å². The molecule has 0 aliphatic carbocycles. The van der Waals surface area contributed by atoms with Gasteiger partial charge in [0.15, 0.2) is 5.96 Å². The second kappa shape index (κ2) is 11.2. The van der Waals surface area contributed by atoms with Crippen LogP contribution in [-0.2, 0) is 13.0 Å². The summed E-state index contributed by atoms with van der Waals surface area (Å²) in [5.74, 6) is 0.835. The summed E-state index contributed by atoms with van der Waals surface area (Å²) in [5, 5.41) is 3.10. The summed E-state index contributed by atoms with van der Waals surface area (Å²) in [6.07, 6.45) is 2.54. The Bertz CT molecular complexity index is 888. The summed E-state index contributed by atoms with van der Waals surface area (Å²) < 4.78 is 18.7. The number of pyridine rings is 1. The Morgan fingerprint density at radius 2 is 1.86 bits per heavy atom. The second-order valence-corrected chi connectivity index (χ2v) is 5.93. The Labute approximate surface area is 180 Å². The first-order valence-electron chi connectivity index (χ1n) is 8.65. The average molecular weight is 492 g/mol. The predicted octanol–water partition coefficient (Wildman–Crippen LogP) is 4.28. The lowest BCUT2D eigenvalue weighted by molar-refractivity contribution is 0.457. The monoisotopic (exact) mass is 492 g/mol. The average Bonchev–Trinajstić information content (AvgIpc) is 2.68. The SMILES string of the molecule is I.NC(=NCc1ccc(Oc2cccc(F)c2)nc1)NCCc1ccccc1. The van der Waals surface area contributed by atoms with Crippen LogP contribution in [0.1, 0.15) is 11.1 Å². The van der Waals surface area contributed by atoms with Crippen LogP contribution in [0.5, 0.6) is 11.6 Å². The van der Waals surface area contributed by atoms with Gasteiger partial charge in [0, 0.05) is 24.9 Å². The van der Waals surface area contributed by atoms with Gasteiger partial charge in [-0.2, -0.15) is 0 Å². The van der Waals surface area contributed by atoms with E-state index >= 15 is 0 Å². The van der Waals surface area contributed by atoms with Gasteiger partial charge in [0.05, 0.1) is 6.54 Å². The lowest BCUT2D eigenvalue weighted by Crippen LogP contribution is -2.33. The molecule has 3 N–H and O–H groups in total. The van der Waals surface area contributed by atoms with Crippen molar-refractivity contribution in [1.29, 1.82) is 0 Å². The van der Waals surface area contributed by atoms with Crippen LogP contribution in [0.25, 0.3) is 0 Å². The Kier molecular flexibility index (Phi) is 8.67. The third-order valence-corrected chi connectivity index (χ3v) is 3.81. The molecule has 3 rings (SSSR count). The zero-order valence-corrected chi connectivity index (χ0v) is 17.5. The first kappa shape index (κ1) is 21.6. The number of hydrogen-bond donors (Lipinski definition) is 2. The fraction of sp³-hybridized carbons (Fsp3) is 0.143. The number of nitrogens with zero attached hydrogens (tertiary/aromatic N) is 2. The summed E-state index contributed by atoms with van der Waals surface area (Å²) >= 11 is 0. The molecule has 0 aliphatic rings. The summed E-state index contributed by atoms with van der Waals surface area (Å²) in [5.41, 5.74) is 8.03. The summed E-state index contributed by atoms with van der Waals surface area (Å²) in [4.78, 5) is 8.51. The van der Waals surface area contributed by atoms with Crippen LogP contribution in [0.3, 0.4) is 0 Å². The third kappa shape index (κ3) is 7.15. The van der Waals surface area contributed by atoms with Crippen LogP contribution in [0, 0.1) is 5.82 Å². The third-order valence-electron chi connectivity index (χ3n) is 3.81. The molecule has 0 aliphatic heterocycles. The van der Waals surface area contributed by atoms with E-state index in [-0.39, 0.29) is 29.8 Å². The zero-order chi connectivity index (χ0) is 18.9. The number of aliphatic imine (C=N–C) groups is 1. The van der Waals surface area contributed by atoms with Crippen molar-refractivity contribution in [1.82, 2.24) is 10.3 Å². The summed E-state index contributed by atoms with van der Waals surface area (Å²) in [6.45, 7) is 1.13. The van der Waals surface area contributed by atoms with Crippen molar-refractivity contribution in [3.63, 3.8) is 0 Å². The molecule has 1 heterocycles. The number of aromatic nitrogens is 1. The van der Waals surface area contributed by atoms with Gasteiger partial charge < -0.3 is 15.8 Å². The van der Waals surface area contributed by atoms with Crippen LogP contribution in [0.15, 0.2) is 77.9 Å². The minimum Gasteiger partial charge on any atom is -0.439 e. The first-order valence-corrected chi connectivity index (χ1v) is 8.65. The number of rotatable bonds is 7. The van der Waals surface area contributed by atoms with Gasteiger partial charge in [-0.05, 0) is 29.7 Å². The highest BCUT2D eigenvalue weighted by Crippen LogP contribution is 2.20. The van der Waals surface area contributed by atoms with Crippen molar-refractivity contribution >= 4 is 29.9 Å². The number of nitrogens with two attached hydrogens (primary N) is 1. The molecule has 0 saturated heterocycles. The molecule has 0 bridgehead atoms. The molecule has 0 radical (unpaired) electrons. The van der Waals surface area contributed by atoms with Crippen molar-refractivity contribution in [3.8, 4) is 11.6 Å². The normalized spacial score (nSPS) is 10.8. The van der Waals surface area contributed by atoms with E-state index in [0.29, 0.717) is 24.1 Å². The number of halogens is 2. The maximum atomic E-state index is 13.2. The van der Waals surface area contributed by atoms with Crippen LogP contribution >= 0.6 is 24.0 Å². The lowest BCUT2D eigenvalue weighted by atomic mass is 10.1. The van der Waals surface area contributed by atoms with E-state index in [1.54, 1.807) is 24.4 Å². The van der Waals surface area contributed by atoms with Gasteiger partial charge in [-0.25, -0.2) is 14.4 Å². The van der Waals surface area contributed by atoms with Crippen molar-refractivity contribution in [2.45, 2.75) is 13.0 Å². The van der Waals surface area contributed by atoms with Crippen LogP contribution < -0.4 is 15.8 Å². The predicted molar refractivity (Wildman–Crippen MR) is 120 cm³/mol. The highest BCUT2D eigenvalue weighted by atomic mass is 127. The summed E-state index contributed by atoms with van der Waals surface area (Å²) in [6, 6.07) is 19.7. The molecule has 0 atom stereocenters. The Balaban J connectivity index is 0.00000280. The van der Waals surface area contributed by atoms with E-state index in [1.165, 1.54) is 17.7 Å². The molecule has 0 spiro atoms. The van der Waals surface area contributed by atoms with E-state index in [2.05, 4.69) is 27.4 Å². The highest BCUT2D eigenvalue weighted by Gasteiger charge is 2.01. The largest absolute Gasteiger partial charge is 0.439 e. The number of ether oxygens (including phenoxy) is 1. The maximum Gasteiger partial charge on any atom is 0.219 e. The van der Waals surface area contributed by atoms with Gasteiger partial charge in [-0.15, -0.1) is 24.0 Å². The quantitative estimate of drug-likeness (QED) is 0.294. The fourth-order valence-electron chi connectivity index (χ4n) is 2.43. The molecule has 0 fully saturated rings. The molecule has 0 amide bonds. The van der Waals surface area contributed by atoms with Crippen molar-refractivity contribution in [2.24, 2.45) is 10.7 Å². The maximum absolute atomic E-state index is 13.2. The molecular weight excluding hydrogens is 470 g/mol. The molecule has 0 unspecified atom stereocenters. The smallest absolute Gasteiger partial charge is 0.219 e. The molecular formula is C21H22FIN4O.